The van der Waals surface area contributed by atoms with E-state index in [1.807, 2.05) is 39.1 Å². The normalized spacial score (nSPS) is 14.0. The lowest BCUT2D eigenvalue weighted by Gasteiger charge is -2.36. The van der Waals surface area contributed by atoms with Crippen LogP contribution < -0.4 is 5.73 Å². The highest BCUT2D eigenvalue weighted by Crippen LogP contribution is 2.19. The number of hydrogen-bond donors (Lipinski definition) is 2. The molecule has 1 unspecified atom stereocenters. The van der Waals surface area contributed by atoms with E-state index in [4.69, 9.17) is 5.73 Å². The molecule has 3 heteroatoms. The highest BCUT2D eigenvalue weighted by Gasteiger charge is 2.24. The number of benzene rings is 1. The Balaban J connectivity index is 2.71. The molecule has 0 aliphatic carbocycles. The van der Waals surface area contributed by atoms with Crippen LogP contribution in [0, 0.1) is 0 Å². The van der Waals surface area contributed by atoms with E-state index in [1.165, 1.54) is 5.56 Å². The van der Waals surface area contributed by atoms with Crippen molar-refractivity contribution in [3.63, 3.8) is 0 Å². The second-order valence-corrected chi connectivity index (χ2v) is 5.19. The first-order chi connectivity index (χ1) is 8.01. The molecule has 1 aromatic rings. The molecule has 17 heavy (non-hydrogen) atoms. The molecule has 0 spiro atoms. The van der Waals surface area contributed by atoms with Crippen LogP contribution in [0.5, 0.6) is 0 Å². The van der Waals surface area contributed by atoms with Crippen molar-refractivity contribution in [1.29, 1.82) is 0 Å². The van der Waals surface area contributed by atoms with Crippen LogP contribution in [0.15, 0.2) is 30.3 Å². The summed E-state index contributed by atoms with van der Waals surface area (Å²) in [4.78, 5) is 2.16. The predicted octanol–water partition coefficient (Wildman–Crippen LogP) is 1.43. The molecule has 3 nitrogen and oxygen atoms in total. The van der Waals surface area contributed by atoms with Crippen LogP contribution in [0.3, 0.4) is 0 Å². The molecule has 0 radical (unpaired) electrons. The first-order valence-corrected chi connectivity index (χ1v) is 6.08. The van der Waals surface area contributed by atoms with Crippen molar-refractivity contribution in [3.8, 4) is 0 Å². The number of hydrogen-bond acceptors (Lipinski definition) is 3. The molecule has 1 atom stereocenters. The Kier molecular flexibility index (Phi) is 5.12. The summed E-state index contributed by atoms with van der Waals surface area (Å²) in [6.07, 6.45) is 0. The summed E-state index contributed by atoms with van der Waals surface area (Å²) in [6, 6.07) is 10.3. The van der Waals surface area contributed by atoms with E-state index >= 15 is 0 Å². The van der Waals surface area contributed by atoms with Crippen LogP contribution in [0.1, 0.15) is 25.3 Å². The van der Waals surface area contributed by atoms with Gasteiger partial charge in [0.15, 0.2) is 0 Å². The standard InChI is InChI=1S/C14H24N2O/c1-14(2,11-17)16(3)10-13(9-15)12-7-5-4-6-8-12/h4-8,13,17H,9-11,15H2,1-3H3. The second-order valence-electron chi connectivity index (χ2n) is 5.19. The Morgan fingerprint density at radius 2 is 1.88 bits per heavy atom. The van der Waals surface area contributed by atoms with Crippen molar-refractivity contribution in [2.24, 2.45) is 5.73 Å². The zero-order valence-electron chi connectivity index (χ0n) is 11.1. The molecule has 0 aromatic heterocycles. The third-order valence-corrected chi connectivity index (χ3v) is 3.47. The molecule has 96 valence electrons. The molecule has 3 N–H and O–H groups in total. The minimum Gasteiger partial charge on any atom is -0.394 e. The van der Waals surface area contributed by atoms with Gasteiger partial charge in [-0.05, 0) is 26.5 Å². The third-order valence-electron chi connectivity index (χ3n) is 3.47. The van der Waals surface area contributed by atoms with E-state index in [2.05, 4.69) is 17.0 Å². The van der Waals surface area contributed by atoms with Crippen molar-refractivity contribution in [2.45, 2.75) is 25.3 Å². The summed E-state index contributed by atoms with van der Waals surface area (Å²) in [5.41, 5.74) is 6.90. The Labute approximate surface area is 104 Å². The maximum Gasteiger partial charge on any atom is 0.0609 e. The minimum atomic E-state index is -0.206. The van der Waals surface area contributed by atoms with Gasteiger partial charge in [-0.1, -0.05) is 30.3 Å². The number of rotatable bonds is 6. The molecule has 0 aliphatic heterocycles. The molecule has 0 aliphatic rings. The monoisotopic (exact) mass is 236 g/mol. The Hall–Kier alpha value is -0.900. The molecule has 0 saturated carbocycles. The molecule has 0 saturated heterocycles. The topological polar surface area (TPSA) is 49.5 Å². The highest BCUT2D eigenvalue weighted by molar-refractivity contribution is 5.20. The fourth-order valence-corrected chi connectivity index (χ4v) is 1.74. The van der Waals surface area contributed by atoms with Crippen molar-refractivity contribution in [2.75, 3.05) is 26.7 Å². The summed E-state index contributed by atoms with van der Waals surface area (Å²) < 4.78 is 0. The van der Waals surface area contributed by atoms with E-state index in [1.54, 1.807) is 0 Å². The number of aliphatic hydroxyl groups excluding tert-OH is 1. The first kappa shape index (κ1) is 14.2. The zero-order valence-corrected chi connectivity index (χ0v) is 11.1. The second kappa shape index (κ2) is 6.15. The van der Waals surface area contributed by atoms with Gasteiger partial charge in [-0.2, -0.15) is 0 Å². The summed E-state index contributed by atoms with van der Waals surface area (Å²) in [5, 5.41) is 9.35. The fraction of sp³-hybridized carbons (Fsp3) is 0.571. The van der Waals surface area contributed by atoms with Crippen LogP contribution in [0.2, 0.25) is 0 Å². The Morgan fingerprint density at radius 3 is 2.35 bits per heavy atom. The average Bonchev–Trinajstić information content (AvgIpc) is 2.36. The lowest BCUT2D eigenvalue weighted by atomic mass is 9.96. The average molecular weight is 236 g/mol. The van der Waals surface area contributed by atoms with Crippen LogP contribution in [0.4, 0.5) is 0 Å². The molecule has 1 rings (SSSR count). The Morgan fingerprint density at radius 1 is 1.29 bits per heavy atom. The Bertz CT molecular complexity index is 324. The predicted molar refractivity (Wildman–Crippen MR) is 72.0 cm³/mol. The minimum absolute atomic E-state index is 0.148. The maximum absolute atomic E-state index is 9.35. The summed E-state index contributed by atoms with van der Waals surface area (Å²) in [6.45, 7) is 5.69. The molecule has 0 heterocycles. The highest BCUT2D eigenvalue weighted by atomic mass is 16.3. The van der Waals surface area contributed by atoms with Crippen molar-refractivity contribution in [3.05, 3.63) is 35.9 Å². The molecule has 0 amide bonds. The van der Waals surface area contributed by atoms with Crippen molar-refractivity contribution >= 4 is 0 Å². The summed E-state index contributed by atoms with van der Waals surface area (Å²) >= 11 is 0. The van der Waals surface area contributed by atoms with Crippen molar-refractivity contribution < 1.29 is 5.11 Å². The van der Waals surface area contributed by atoms with Gasteiger partial charge >= 0.3 is 0 Å². The van der Waals surface area contributed by atoms with Gasteiger partial charge in [0.2, 0.25) is 0 Å². The lowest BCUT2D eigenvalue weighted by Crippen LogP contribution is -2.46. The number of likely N-dealkylation sites (N-methyl/N-ethyl adjacent to an activating group) is 1. The SMILES string of the molecule is CN(CC(CN)c1ccccc1)C(C)(C)CO. The largest absolute Gasteiger partial charge is 0.394 e. The van der Waals surface area contributed by atoms with E-state index in [-0.39, 0.29) is 12.1 Å². The van der Waals surface area contributed by atoms with Crippen LogP contribution >= 0.6 is 0 Å². The smallest absolute Gasteiger partial charge is 0.0609 e. The fourth-order valence-electron chi connectivity index (χ4n) is 1.74. The van der Waals surface area contributed by atoms with E-state index in [0.717, 1.165) is 6.54 Å². The van der Waals surface area contributed by atoms with E-state index in [0.29, 0.717) is 12.5 Å². The van der Waals surface area contributed by atoms with Crippen LogP contribution in [0.25, 0.3) is 0 Å². The van der Waals surface area contributed by atoms with Gasteiger partial charge in [0.25, 0.3) is 0 Å². The lowest BCUT2D eigenvalue weighted by molar-refractivity contribution is 0.0745. The molecular weight excluding hydrogens is 212 g/mol. The number of nitrogens with two attached hydrogens (primary N) is 1. The summed E-state index contributed by atoms with van der Waals surface area (Å²) in [7, 11) is 2.03. The summed E-state index contributed by atoms with van der Waals surface area (Å²) in [5.74, 6) is 0.312. The maximum atomic E-state index is 9.35. The van der Waals surface area contributed by atoms with Gasteiger partial charge in [-0.25, -0.2) is 0 Å². The zero-order chi connectivity index (χ0) is 12.9. The quantitative estimate of drug-likeness (QED) is 0.785. The van der Waals surface area contributed by atoms with Gasteiger partial charge in [-0.15, -0.1) is 0 Å². The van der Waals surface area contributed by atoms with Gasteiger partial charge in [0, 0.05) is 24.5 Å². The third kappa shape index (κ3) is 3.80. The van der Waals surface area contributed by atoms with E-state index in [9.17, 15) is 5.11 Å². The molecule has 0 bridgehead atoms. The van der Waals surface area contributed by atoms with E-state index < -0.39 is 0 Å². The van der Waals surface area contributed by atoms with Gasteiger partial charge in [-0.3, -0.25) is 4.90 Å². The van der Waals surface area contributed by atoms with Gasteiger partial charge in [0.05, 0.1) is 6.61 Å². The number of nitrogens with zero attached hydrogens (tertiary/aromatic N) is 1. The van der Waals surface area contributed by atoms with Crippen LogP contribution in [-0.4, -0.2) is 42.3 Å². The van der Waals surface area contributed by atoms with Crippen molar-refractivity contribution in [1.82, 2.24) is 4.90 Å². The van der Waals surface area contributed by atoms with Crippen LogP contribution in [-0.2, 0) is 0 Å². The molecular formula is C14H24N2O. The van der Waals surface area contributed by atoms with Gasteiger partial charge in [0.1, 0.15) is 0 Å². The first-order valence-electron chi connectivity index (χ1n) is 6.08. The van der Waals surface area contributed by atoms with Gasteiger partial charge < -0.3 is 10.8 Å². The number of aliphatic hydroxyl groups is 1. The molecule has 0 fully saturated rings. The molecule has 1 aromatic carbocycles.